The van der Waals surface area contributed by atoms with E-state index >= 15 is 0 Å². The van der Waals surface area contributed by atoms with Gasteiger partial charge in [-0.05, 0) is 25.7 Å². The Labute approximate surface area is 118 Å². The van der Waals surface area contributed by atoms with Gasteiger partial charge in [0, 0.05) is 19.0 Å². The van der Waals surface area contributed by atoms with Crippen LogP contribution in [0.4, 0.5) is 4.79 Å². The molecule has 2 amide bonds. The number of rotatable bonds is 8. The SMILES string of the molecule is CCOC(=O)CN(C(=O)NCC(C)CC(=O)O)C1CC1. The average molecular weight is 286 g/mol. The fraction of sp³-hybridized carbons (Fsp3) is 0.769. The van der Waals surface area contributed by atoms with Crippen LogP contribution in [0.1, 0.15) is 33.1 Å². The molecule has 114 valence electrons. The van der Waals surface area contributed by atoms with Crippen LogP contribution >= 0.6 is 0 Å². The molecular weight excluding hydrogens is 264 g/mol. The largest absolute Gasteiger partial charge is 0.481 e. The van der Waals surface area contributed by atoms with Gasteiger partial charge in [0.15, 0.2) is 0 Å². The summed E-state index contributed by atoms with van der Waals surface area (Å²) >= 11 is 0. The summed E-state index contributed by atoms with van der Waals surface area (Å²) in [6, 6.07) is -0.244. The Hall–Kier alpha value is -1.79. The highest BCUT2D eigenvalue weighted by Crippen LogP contribution is 2.26. The number of carboxylic acids is 1. The molecule has 0 aromatic rings. The number of nitrogens with zero attached hydrogens (tertiary/aromatic N) is 1. The zero-order valence-corrected chi connectivity index (χ0v) is 11.9. The van der Waals surface area contributed by atoms with E-state index in [1.165, 1.54) is 4.90 Å². The Balaban J connectivity index is 2.40. The first-order chi connectivity index (χ1) is 9.43. The van der Waals surface area contributed by atoms with E-state index in [2.05, 4.69) is 5.32 Å². The van der Waals surface area contributed by atoms with Gasteiger partial charge in [-0.2, -0.15) is 0 Å². The van der Waals surface area contributed by atoms with Crippen LogP contribution in [-0.2, 0) is 14.3 Å². The van der Waals surface area contributed by atoms with Crippen molar-refractivity contribution in [3.63, 3.8) is 0 Å². The molecule has 0 aliphatic heterocycles. The van der Waals surface area contributed by atoms with Crippen molar-refractivity contribution in [3.8, 4) is 0 Å². The molecular formula is C13H22N2O5. The lowest BCUT2D eigenvalue weighted by molar-refractivity contribution is -0.144. The van der Waals surface area contributed by atoms with Crippen molar-refractivity contribution in [3.05, 3.63) is 0 Å². The molecule has 1 aliphatic carbocycles. The van der Waals surface area contributed by atoms with E-state index in [-0.39, 0.29) is 44.1 Å². The minimum atomic E-state index is -0.891. The van der Waals surface area contributed by atoms with Crippen molar-refractivity contribution in [2.45, 2.75) is 39.2 Å². The molecule has 0 aromatic heterocycles. The van der Waals surface area contributed by atoms with Gasteiger partial charge in [-0.25, -0.2) is 4.79 Å². The van der Waals surface area contributed by atoms with E-state index in [0.29, 0.717) is 0 Å². The van der Waals surface area contributed by atoms with Crippen molar-refractivity contribution < 1.29 is 24.2 Å². The minimum absolute atomic E-state index is 0.00157. The number of hydrogen-bond donors (Lipinski definition) is 2. The third-order valence-corrected chi connectivity index (χ3v) is 2.98. The summed E-state index contributed by atoms with van der Waals surface area (Å²) in [4.78, 5) is 35.5. The number of carboxylic acid groups (broad SMARTS) is 1. The van der Waals surface area contributed by atoms with Crippen LogP contribution in [0.3, 0.4) is 0 Å². The molecule has 1 unspecified atom stereocenters. The van der Waals surface area contributed by atoms with Gasteiger partial charge in [-0.3, -0.25) is 9.59 Å². The highest BCUT2D eigenvalue weighted by atomic mass is 16.5. The standard InChI is InChI=1S/C13H22N2O5/c1-3-20-12(18)8-15(10-4-5-10)13(19)14-7-9(2)6-11(16)17/h9-10H,3-8H2,1-2H3,(H,14,19)(H,16,17). The predicted octanol–water partition coefficient (Wildman–Crippen LogP) is 0.834. The van der Waals surface area contributed by atoms with Gasteiger partial charge in [0.1, 0.15) is 6.54 Å². The molecule has 1 rings (SSSR count). The number of carbonyl (C=O) groups excluding carboxylic acids is 2. The van der Waals surface area contributed by atoms with Crippen LogP contribution in [0.25, 0.3) is 0 Å². The van der Waals surface area contributed by atoms with Crippen LogP contribution in [0.2, 0.25) is 0 Å². The molecule has 0 heterocycles. The summed E-state index contributed by atoms with van der Waals surface area (Å²) < 4.78 is 4.84. The van der Waals surface area contributed by atoms with Gasteiger partial charge in [-0.1, -0.05) is 6.92 Å². The molecule has 0 bridgehead atoms. The van der Waals surface area contributed by atoms with Gasteiger partial charge in [0.2, 0.25) is 0 Å². The molecule has 0 spiro atoms. The lowest BCUT2D eigenvalue weighted by Crippen LogP contribution is -2.45. The number of aliphatic carboxylic acids is 1. The van der Waals surface area contributed by atoms with E-state index in [4.69, 9.17) is 9.84 Å². The first kappa shape index (κ1) is 16.3. The van der Waals surface area contributed by atoms with Gasteiger partial charge >= 0.3 is 18.0 Å². The number of hydrogen-bond acceptors (Lipinski definition) is 4. The summed E-state index contributed by atoms with van der Waals surface area (Å²) in [5.74, 6) is -1.47. The topological polar surface area (TPSA) is 95.9 Å². The Bertz CT molecular complexity index is 368. The average Bonchev–Trinajstić information content (AvgIpc) is 3.16. The van der Waals surface area contributed by atoms with Crippen molar-refractivity contribution >= 4 is 18.0 Å². The smallest absolute Gasteiger partial charge is 0.325 e. The van der Waals surface area contributed by atoms with Crippen molar-refractivity contribution in [1.29, 1.82) is 0 Å². The van der Waals surface area contributed by atoms with Crippen molar-refractivity contribution in [1.82, 2.24) is 10.2 Å². The molecule has 0 saturated heterocycles. The lowest BCUT2D eigenvalue weighted by atomic mass is 10.1. The maximum atomic E-state index is 12.0. The van der Waals surface area contributed by atoms with Crippen molar-refractivity contribution in [2.24, 2.45) is 5.92 Å². The third kappa shape index (κ3) is 5.90. The van der Waals surface area contributed by atoms with E-state index in [9.17, 15) is 14.4 Å². The second-order valence-corrected chi connectivity index (χ2v) is 5.05. The fourth-order valence-corrected chi connectivity index (χ4v) is 1.83. The maximum Gasteiger partial charge on any atom is 0.325 e. The molecule has 0 aromatic carbocycles. The van der Waals surface area contributed by atoms with E-state index in [1.54, 1.807) is 13.8 Å². The summed E-state index contributed by atoms with van der Waals surface area (Å²) in [5.41, 5.74) is 0. The van der Waals surface area contributed by atoms with Crippen LogP contribution < -0.4 is 5.32 Å². The number of urea groups is 1. The summed E-state index contributed by atoms with van der Waals surface area (Å²) in [6.45, 7) is 3.97. The molecule has 7 heteroatoms. The quantitative estimate of drug-likeness (QED) is 0.644. The fourth-order valence-electron chi connectivity index (χ4n) is 1.83. The van der Waals surface area contributed by atoms with Crippen LogP contribution in [-0.4, -0.2) is 53.7 Å². The highest BCUT2D eigenvalue weighted by Gasteiger charge is 2.34. The van der Waals surface area contributed by atoms with Crippen molar-refractivity contribution in [2.75, 3.05) is 19.7 Å². The second-order valence-electron chi connectivity index (χ2n) is 5.05. The number of amides is 2. The zero-order chi connectivity index (χ0) is 15.1. The Morgan fingerprint density at radius 3 is 2.55 bits per heavy atom. The third-order valence-electron chi connectivity index (χ3n) is 2.98. The summed E-state index contributed by atoms with van der Waals surface area (Å²) in [5, 5.41) is 11.3. The number of carbonyl (C=O) groups is 3. The van der Waals surface area contributed by atoms with E-state index < -0.39 is 11.9 Å². The number of ether oxygens (including phenoxy) is 1. The van der Waals surface area contributed by atoms with Crippen LogP contribution in [0, 0.1) is 5.92 Å². The Kier molecular flexibility index (Phi) is 6.27. The highest BCUT2D eigenvalue weighted by molar-refractivity contribution is 5.81. The van der Waals surface area contributed by atoms with Gasteiger partial charge in [-0.15, -0.1) is 0 Å². The van der Waals surface area contributed by atoms with Gasteiger partial charge in [0.25, 0.3) is 0 Å². The van der Waals surface area contributed by atoms with E-state index in [0.717, 1.165) is 12.8 Å². The Morgan fingerprint density at radius 2 is 2.05 bits per heavy atom. The zero-order valence-electron chi connectivity index (χ0n) is 11.9. The van der Waals surface area contributed by atoms with Crippen LogP contribution in [0.15, 0.2) is 0 Å². The molecule has 1 aliphatic rings. The molecule has 1 fully saturated rings. The van der Waals surface area contributed by atoms with Gasteiger partial charge < -0.3 is 20.1 Å². The monoisotopic (exact) mass is 286 g/mol. The van der Waals surface area contributed by atoms with Crippen LogP contribution in [0.5, 0.6) is 0 Å². The number of esters is 1. The Morgan fingerprint density at radius 1 is 1.40 bits per heavy atom. The van der Waals surface area contributed by atoms with E-state index in [1.807, 2.05) is 0 Å². The molecule has 20 heavy (non-hydrogen) atoms. The number of nitrogens with one attached hydrogen (secondary N) is 1. The normalized spacial score (nSPS) is 15.3. The molecule has 1 saturated carbocycles. The first-order valence-electron chi connectivity index (χ1n) is 6.85. The second kappa shape index (κ2) is 7.72. The lowest BCUT2D eigenvalue weighted by Gasteiger charge is -2.22. The predicted molar refractivity (Wildman–Crippen MR) is 71.2 cm³/mol. The minimum Gasteiger partial charge on any atom is -0.481 e. The summed E-state index contributed by atoms with van der Waals surface area (Å²) in [6.07, 6.45) is 1.77. The summed E-state index contributed by atoms with van der Waals surface area (Å²) in [7, 11) is 0. The molecule has 1 atom stereocenters. The molecule has 7 nitrogen and oxygen atoms in total. The van der Waals surface area contributed by atoms with Gasteiger partial charge in [0.05, 0.1) is 6.61 Å². The maximum absolute atomic E-state index is 12.0. The first-order valence-corrected chi connectivity index (χ1v) is 6.85. The molecule has 2 N–H and O–H groups in total. The molecule has 0 radical (unpaired) electrons.